The summed E-state index contributed by atoms with van der Waals surface area (Å²) in [6.45, 7) is 5.28. The van der Waals surface area contributed by atoms with Crippen LogP contribution < -0.4 is 0 Å². The van der Waals surface area contributed by atoms with Crippen molar-refractivity contribution in [3.8, 4) is 0 Å². The third-order valence-corrected chi connectivity index (χ3v) is 5.11. The van der Waals surface area contributed by atoms with Crippen LogP contribution in [0.15, 0.2) is 12.2 Å². The highest BCUT2D eigenvalue weighted by Crippen LogP contribution is 2.51. The Hall–Kier alpha value is -1.24. The normalized spacial score (nSPS) is 43.1. The quantitative estimate of drug-likeness (QED) is 0.482. The molecule has 21 heavy (non-hydrogen) atoms. The molecular formula is C15H22O6. The minimum atomic E-state index is -1.26. The molecule has 2 aliphatic carbocycles. The van der Waals surface area contributed by atoms with Crippen molar-refractivity contribution in [2.24, 2.45) is 17.3 Å². The molecule has 0 aliphatic heterocycles. The van der Waals surface area contributed by atoms with Crippen molar-refractivity contribution < 1.29 is 29.6 Å². The number of hydrogen-bond acceptors (Lipinski definition) is 6. The maximum absolute atomic E-state index is 12.2. The molecule has 2 aliphatic rings. The van der Waals surface area contributed by atoms with Gasteiger partial charge in [0.15, 0.2) is 0 Å². The van der Waals surface area contributed by atoms with Gasteiger partial charge in [-0.15, -0.1) is 0 Å². The highest BCUT2D eigenvalue weighted by atomic mass is 16.5. The summed E-state index contributed by atoms with van der Waals surface area (Å²) in [4.78, 5) is 23.8. The van der Waals surface area contributed by atoms with Crippen molar-refractivity contribution >= 4 is 11.8 Å². The van der Waals surface area contributed by atoms with Gasteiger partial charge in [-0.3, -0.25) is 4.79 Å². The Morgan fingerprint density at radius 2 is 2.00 bits per heavy atom. The van der Waals surface area contributed by atoms with Gasteiger partial charge >= 0.3 is 5.97 Å². The highest BCUT2D eigenvalue weighted by molar-refractivity contribution is 5.89. The molecule has 0 aromatic rings. The maximum atomic E-state index is 12.2. The maximum Gasteiger partial charge on any atom is 0.333 e. The average molecular weight is 298 g/mol. The smallest absolute Gasteiger partial charge is 0.333 e. The Labute approximate surface area is 123 Å². The third-order valence-electron chi connectivity index (χ3n) is 5.11. The van der Waals surface area contributed by atoms with Crippen LogP contribution in [-0.4, -0.2) is 52.5 Å². The van der Waals surface area contributed by atoms with Crippen LogP contribution in [0.5, 0.6) is 0 Å². The topological polar surface area (TPSA) is 104 Å². The molecule has 6 atom stereocenters. The first-order valence-electron chi connectivity index (χ1n) is 7.08. The van der Waals surface area contributed by atoms with Crippen molar-refractivity contribution in [3.63, 3.8) is 0 Å². The Morgan fingerprint density at radius 3 is 2.57 bits per heavy atom. The minimum absolute atomic E-state index is 0.0487. The number of carbonyl (C=O) groups excluding carboxylic acids is 2. The van der Waals surface area contributed by atoms with Gasteiger partial charge < -0.3 is 20.1 Å². The van der Waals surface area contributed by atoms with E-state index < -0.39 is 41.5 Å². The molecule has 0 saturated heterocycles. The lowest BCUT2D eigenvalue weighted by Crippen LogP contribution is -2.61. The van der Waals surface area contributed by atoms with Gasteiger partial charge in [0.05, 0.1) is 31.3 Å². The minimum Gasteiger partial charge on any atom is -0.466 e. The molecule has 2 saturated carbocycles. The number of aliphatic hydroxyl groups excluding tert-OH is 3. The van der Waals surface area contributed by atoms with E-state index in [-0.39, 0.29) is 24.2 Å². The second-order valence-corrected chi connectivity index (χ2v) is 6.31. The summed E-state index contributed by atoms with van der Waals surface area (Å²) in [6.07, 6.45) is -2.44. The van der Waals surface area contributed by atoms with Crippen LogP contribution in [0, 0.1) is 17.3 Å². The van der Waals surface area contributed by atoms with Crippen molar-refractivity contribution in [2.45, 2.75) is 44.5 Å². The standard InChI is InChI=1S/C15H22O6/c1-7(14(20)21-3)11-9(17)6-15(2)10(18)5-4-8(16)12(15)13(11)19/h9-13,17-19H,1,4-6H2,2-3H3/t9-,10-,11-,12-,13-,15-/m0/s1. The number of methoxy groups -OCH3 is 1. The molecule has 0 radical (unpaired) electrons. The monoisotopic (exact) mass is 298 g/mol. The van der Waals surface area contributed by atoms with E-state index in [9.17, 15) is 24.9 Å². The van der Waals surface area contributed by atoms with Gasteiger partial charge in [0, 0.05) is 23.3 Å². The van der Waals surface area contributed by atoms with Crippen LogP contribution in [0.1, 0.15) is 26.2 Å². The number of carbonyl (C=O) groups is 2. The zero-order chi connectivity index (χ0) is 15.9. The van der Waals surface area contributed by atoms with Gasteiger partial charge in [-0.25, -0.2) is 4.79 Å². The Bertz CT molecular complexity index is 473. The van der Waals surface area contributed by atoms with Gasteiger partial charge in [0.25, 0.3) is 0 Å². The van der Waals surface area contributed by atoms with Crippen LogP contribution in [0.4, 0.5) is 0 Å². The van der Waals surface area contributed by atoms with E-state index in [4.69, 9.17) is 0 Å². The molecule has 0 unspecified atom stereocenters. The van der Waals surface area contributed by atoms with E-state index in [2.05, 4.69) is 11.3 Å². The number of esters is 1. The summed E-state index contributed by atoms with van der Waals surface area (Å²) in [5, 5.41) is 31.1. The van der Waals surface area contributed by atoms with E-state index in [1.807, 2.05) is 0 Å². The van der Waals surface area contributed by atoms with Crippen molar-refractivity contribution in [1.82, 2.24) is 0 Å². The first-order valence-corrected chi connectivity index (χ1v) is 7.08. The molecule has 0 amide bonds. The third kappa shape index (κ3) is 2.41. The first-order chi connectivity index (χ1) is 9.74. The first kappa shape index (κ1) is 16.1. The fraction of sp³-hybridized carbons (Fsp3) is 0.733. The number of aliphatic hydroxyl groups is 3. The summed E-state index contributed by atoms with van der Waals surface area (Å²) >= 11 is 0. The van der Waals surface area contributed by atoms with Gasteiger partial charge in [-0.05, 0) is 12.8 Å². The number of fused-ring (bicyclic) bond motifs is 1. The van der Waals surface area contributed by atoms with Crippen LogP contribution in [0.3, 0.4) is 0 Å². The molecule has 0 aromatic heterocycles. The number of ether oxygens (including phenoxy) is 1. The molecule has 6 heteroatoms. The Kier molecular flexibility index (Phi) is 4.24. The number of hydrogen-bond donors (Lipinski definition) is 3. The zero-order valence-electron chi connectivity index (χ0n) is 12.3. The van der Waals surface area contributed by atoms with Crippen LogP contribution in [0.25, 0.3) is 0 Å². The summed E-state index contributed by atoms with van der Waals surface area (Å²) < 4.78 is 4.58. The van der Waals surface area contributed by atoms with E-state index in [0.717, 1.165) is 0 Å². The average Bonchev–Trinajstić information content (AvgIpc) is 2.41. The summed E-state index contributed by atoms with van der Waals surface area (Å²) in [7, 11) is 1.19. The zero-order valence-corrected chi connectivity index (χ0v) is 12.3. The van der Waals surface area contributed by atoms with Gasteiger partial charge in [0.2, 0.25) is 0 Å². The molecule has 0 spiro atoms. The number of rotatable bonds is 2. The summed E-state index contributed by atoms with van der Waals surface area (Å²) in [5.74, 6) is -2.63. The predicted molar refractivity (Wildman–Crippen MR) is 73.1 cm³/mol. The molecule has 0 aromatic carbocycles. The lowest BCUT2D eigenvalue weighted by molar-refractivity contribution is -0.178. The van der Waals surface area contributed by atoms with E-state index >= 15 is 0 Å². The van der Waals surface area contributed by atoms with Gasteiger partial charge in [-0.2, -0.15) is 0 Å². The van der Waals surface area contributed by atoms with Crippen LogP contribution in [-0.2, 0) is 14.3 Å². The molecule has 0 heterocycles. The molecule has 118 valence electrons. The fourth-order valence-corrected chi connectivity index (χ4v) is 3.90. The number of Topliss-reactive ketones (excluding diaryl/α,β-unsaturated/α-hetero) is 1. The lowest BCUT2D eigenvalue weighted by atomic mass is 9.54. The molecule has 2 fully saturated rings. The highest BCUT2D eigenvalue weighted by Gasteiger charge is 2.58. The Balaban J connectivity index is 2.36. The van der Waals surface area contributed by atoms with Crippen molar-refractivity contribution in [3.05, 3.63) is 12.2 Å². The second kappa shape index (κ2) is 5.51. The van der Waals surface area contributed by atoms with Crippen LogP contribution >= 0.6 is 0 Å². The predicted octanol–water partition coefficient (Wildman–Crippen LogP) is -0.196. The molecule has 6 nitrogen and oxygen atoms in total. The van der Waals surface area contributed by atoms with Gasteiger partial charge in [0.1, 0.15) is 5.78 Å². The van der Waals surface area contributed by atoms with Crippen molar-refractivity contribution in [2.75, 3.05) is 7.11 Å². The van der Waals surface area contributed by atoms with Crippen molar-refractivity contribution in [1.29, 1.82) is 0 Å². The summed E-state index contributed by atoms with van der Waals surface area (Å²) in [5.41, 5.74) is -0.937. The number of ketones is 1. The Morgan fingerprint density at radius 1 is 1.38 bits per heavy atom. The van der Waals surface area contributed by atoms with E-state index in [0.29, 0.717) is 6.42 Å². The second-order valence-electron chi connectivity index (χ2n) is 6.31. The van der Waals surface area contributed by atoms with E-state index in [1.165, 1.54) is 7.11 Å². The largest absolute Gasteiger partial charge is 0.466 e. The summed E-state index contributed by atoms with van der Waals surface area (Å²) in [6, 6.07) is 0. The van der Waals surface area contributed by atoms with Gasteiger partial charge in [-0.1, -0.05) is 13.5 Å². The molecule has 0 bridgehead atoms. The molecular weight excluding hydrogens is 276 g/mol. The fourth-order valence-electron chi connectivity index (χ4n) is 3.90. The van der Waals surface area contributed by atoms with Crippen LogP contribution in [0.2, 0.25) is 0 Å². The lowest BCUT2D eigenvalue weighted by Gasteiger charge is -2.53. The SMILES string of the molecule is C=C(C(=O)OC)[C@@H]1[C@H](O)[C@@H]2C(=O)CC[C@H](O)[C@]2(C)C[C@@H]1O. The molecule has 2 rings (SSSR count). The van der Waals surface area contributed by atoms with E-state index in [1.54, 1.807) is 6.92 Å². The molecule has 3 N–H and O–H groups in total.